The number of nitrogens with one attached hydrogen (secondary N) is 1. The van der Waals surface area contributed by atoms with Gasteiger partial charge >= 0.3 is 0 Å². The zero-order chi connectivity index (χ0) is 11.1. The molecule has 2 heterocycles. The molecule has 0 atom stereocenters. The molecular formula is C8H12ClN3O2S. The number of rotatable bonds is 2. The highest BCUT2D eigenvalue weighted by atomic mass is 35.5. The second-order valence-electron chi connectivity index (χ2n) is 3.58. The number of alkyl halides is 1. The maximum atomic E-state index is 11.6. The number of aromatic amines is 1. The lowest BCUT2D eigenvalue weighted by Gasteiger charge is -2.24. The minimum Gasteiger partial charge on any atom is -0.282 e. The molecule has 0 fully saturated rings. The van der Waals surface area contributed by atoms with Gasteiger partial charge < -0.3 is 0 Å². The van der Waals surface area contributed by atoms with Gasteiger partial charge in [-0.15, -0.1) is 11.6 Å². The summed E-state index contributed by atoms with van der Waals surface area (Å²) in [4.78, 5) is 0. The third-order valence-electron chi connectivity index (χ3n) is 2.62. The molecular weight excluding hydrogens is 238 g/mol. The van der Waals surface area contributed by atoms with Crippen LogP contribution in [-0.4, -0.2) is 34.7 Å². The second kappa shape index (κ2) is 3.77. The quantitative estimate of drug-likeness (QED) is 0.781. The van der Waals surface area contributed by atoms with E-state index in [1.54, 1.807) is 0 Å². The summed E-state index contributed by atoms with van der Waals surface area (Å²) in [6.45, 7) is 2.74. The van der Waals surface area contributed by atoms with Crippen molar-refractivity contribution in [3.05, 3.63) is 17.0 Å². The van der Waals surface area contributed by atoms with E-state index in [9.17, 15) is 8.42 Å². The summed E-state index contributed by atoms with van der Waals surface area (Å²) in [5.41, 5.74) is 2.88. The van der Waals surface area contributed by atoms with Crippen molar-refractivity contribution in [2.24, 2.45) is 0 Å². The zero-order valence-electron chi connectivity index (χ0n) is 8.33. The molecule has 0 bridgehead atoms. The Morgan fingerprint density at radius 1 is 1.60 bits per heavy atom. The van der Waals surface area contributed by atoms with Crippen molar-refractivity contribution in [3.63, 3.8) is 0 Å². The first-order valence-electron chi connectivity index (χ1n) is 4.61. The van der Waals surface area contributed by atoms with E-state index in [4.69, 9.17) is 11.6 Å². The Balaban J connectivity index is 2.29. The fourth-order valence-corrected chi connectivity index (χ4v) is 2.96. The molecule has 2 rings (SSSR count). The molecule has 0 saturated heterocycles. The summed E-state index contributed by atoms with van der Waals surface area (Å²) in [5.74, 6) is 0. The summed E-state index contributed by atoms with van der Waals surface area (Å²) in [6.07, 6.45) is 0.649. The van der Waals surface area contributed by atoms with Crippen LogP contribution in [0.25, 0.3) is 0 Å². The third-order valence-corrected chi connectivity index (χ3v) is 4.82. The number of aromatic nitrogens is 2. The van der Waals surface area contributed by atoms with Gasteiger partial charge in [-0.3, -0.25) is 5.10 Å². The summed E-state index contributed by atoms with van der Waals surface area (Å²) < 4.78 is 24.5. The lowest BCUT2D eigenvalue weighted by atomic mass is 10.1. The molecule has 1 aromatic rings. The van der Waals surface area contributed by atoms with Crippen molar-refractivity contribution < 1.29 is 8.42 Å². The molecule has 15 heavy (non-hydrogen) atoms. The molecule has 1 aliphatic rings. The SMILES string of the molecule is Cc1[nH]nc2c1CN(S(=O)(=O)CCl)CC2. The fraction of sp³-hybridized carbons (Fsp3) is 0.625. The van der Waals surface area contributed by atoms with Crippen LogP contribution in [0.5, 0.6) is 0 Å². The standard InChI is InChI=1S/C8H12ClN3O2S/c1-6-7-4-12(15(13,14)5-9)3-2-8(7)11-10-6/h2-5H2,1H3,(H,10,11). The Morgan fingerprint density at radius 3 is 3.00 bits per heavy atom. The normalized spacial score (nSPS) is 17.7. The number of sulfonamides is 1. The molecule has 1 aromatic heterocycles. The zero-order valence-corrected chi connectivity index (χ0v) is 9.90. The van der Waals surface area contributed by atoms with Crippen LogP contribution in [0.3, 0.4) is 0 Å². The third kappa shape index (κ3) is 1.89. The van der Waals surface area contributed by atoms with E-state index in [-0.39, 0.29) is 5.21 Å². The van der Waals surface area contributed by atoms with E-state index < -0.39 is 10.0 Å². The van der Waals surface area contributed by atoms with Crippen molar-refractivity contribution in [2.75, 3.05) is 11.8 Å². The number of hydrogen-bond donors (Lipinski definition) is 1. The van der Waals surface area contributed by atoms with Crippen molar-refractivity contribution in [3.8, 4) is 0 Å². The average Bonchev–Trinajstić information content (AvgIpc) is 2.60. The molecule has 84 valence electrons. The van der Waals surface area contributed by atoms with Crippen LogP contribution in [-0.2, 0) is 23.0 Å². The first-order chi connectivity index (χ1) is 7.04. The lowest BCUT2D eigenvalue weighted by molar-refractivity contribution is 0.392. The van der Waals surface area contributed by atoms with Gasteiger partial charge in [0.05, 0.1) is 5.69 Å². The van der Waals surface area contributed by atoms with Gasteiger partial charge in [0.25, 0.3) is 0 Å². The Kier molecular flexibility index (Phi) is 2.74. The highest BCUT2D eigenvalue weighted by Gasteiger charge is 2.28. The maximum Gasteiger partial charge on any atom is 0.228 e. The summed E-state index contributed by atoms with van der Waals surface area (Å²) in [5, 5.41) is 6.62. The predicted octanol–water partition coefficient (Wildman–Crippen LogP) is 0.602. The van der Waals surface area contributed by atoms with Crippen LogP contribution in [0.1, 0.15) is 17.0 Å². The van der Waals surface area contributed by atoms with E-state index in [1.165, 1.54) is 4.31 Å². The molecule has 5 nitrogen and oxygen atoms in total. The van der Waals surface area contributed by atoms with Crippen molar-refractivity contribution >= 4 is 21.6 Å². The van der Waals surface area contributed by atoms with Gasteiger partial charge in [-0.05, 0) is 6.92 Å². The molecule has 0 aromatic carbocycles. The van der Waals surface area contributed by atoms with E-state index in [0.717, 1.165) is 17.0 Å². The number of halogens is 1. The van der Waals surface area contributed by atoms with Crippen LogP contribution < -0.4 is 0 Å². The smallest absolute Gasteiger partial charge is 0.228 e. The largest absolute Gasteiger partial charge is 0.282 e. The van der Waals surface area contributed by atoms with E-state index >= 15 is 0 Å². The van der Waals surface area contributed by atoms with Crippen molar-refractivity contribution in [1.29, 1.82) is 0 Å². The monoisotopic (exact) mass is 249 g/mol. The molecule has 1 aliphatic heterocycles. The molecule has 0 aliphatic carbocycles. The molecule has 0 saturated carbocycles. The number of aryl methyl sites for hydroxylation is 1. The van der Waals surface area contributed by atoms with Crippen LogP contribution in [0.4, 0.5) is 0 Å². The minimum absolute atomic E-state index is 0.362. The van der Waals surface area contributed by atoms with E-state index in [2.05, 4.69) is 10.2 Å². The molecule has 1 N–H and O–H groups in total. The summed E-state index contributed by atoms with van der Waals surface area (Å²) in [6, 6.07) is 0. The lowest BCUT2D eigenvalue weighted by Crippen LogP contribution is -2.36. The molecule has 7 heteroatoms. The molecule has 0 amide bonds. The van der Waals surface area contributed by atoms with Crippen molar-refractivity contribution in [1.82, 2.24) is 14.5 Å². The summed E-state index contributed by atoms with van der Waals surface area (Å²) >= 11 is 5.41. The Hall–Kier alpha value is -0.590. The van der Waals surface area contributed by atoms with Gasteiger partial charge in [-0.1, -0.05) is 0 Å². The maximum absolute atomic E-state index is 11.6. The Morgan fingerprint density at radius 2 is 2.33 bits per heavy atom. The van der Waals surface area contributed by atoms with E-state index in [0.29, 0.717) is 19.5 Å². The van der Waals surface area contributed by atoms with Crippen LogP contribution >= 0.6 is 11.6 Å². The fourth-order valence-electron chi connectivity index (χ4n) is 1.71. The summed E-state index contributed by atoms with van der Waals surface area (Å²) in [7, 11) is -3.30. The highest BCUT2D eigenvalue weighted by molar-refractivity contribution is 7.90. The number of hydrogen-bond acceptors (Lipinski definition) is 3. The molecule has 0 unspecified atom stereocenters. The topological polar surface area (TPSA) is 66.1 Å². The highest BCUT2D eigenvalue weighted by Crippen LogP contribution is 2.22. The first-order valence-corrected chi connectivity index (χ1v) is 6.75. The molecule has 0 radical (unpaired) electrons. The van der Waals surface area contributed by atoms with Crippen LogP contribution in [0.2, 0.25) is 0 Å². The van der Waals surface area contributed by atoms with Crippen LogP contribution in [0, 0.1) is 6.92 Å². The molecule has 0 spiro atoms. The van der Waals surface area contributed by atoms with Gasteiger partial charge in [0.2, 0.25) is 10.0 Å². The Bertz CT molecular complexity index is 468. The van der Waals surface area contributed by atoms with Gasteiger partial charge in [0, 0.05) is 30.8 Å². The number of fused-ring (bicyclic) bond motifs is 1. The Labute approximate surface area is 93.5 Å². The van der Waals surface area contributed by atoms with E-state index in [1.807, 2.05) is 6.92 Å². The van der Waals surface area contributed by atoms with Crippen molar-refractivity contribution in [2.45, 2.75) is 19.9 Å². The van der Waals surface area contributed by atoms with Crippen LogP contribution in [0.15, 0.2) is 0 Å². The van der Waals surface area contributed by atoms with Gasteiger partial charge in [0.15, 0.2) is 0 Å². The average molecular weight is 250 g/mol. The number of nitrogens with zero attached hydrogens (tertiary/aromatic N) is 2. The van der Waals surface area contributed by atoms with Gasteiger partial charge in [-0.25, -0.2) is 8.42 Å². The minimum atomic E-state index is -3.30. The van der Waals surface area contributed by atoms with Gasteiger partial charge in [-0.2, -0.15) is 9.40 Å². The number of H-pyrrole nitrogens is 1. The first kappa shape index (κ1) is 10.9. The second-order valence-corrected chi connectivity index (χ2v) is 6.13. The van der Waals surface area contributed by atoms with Gasteiger partial charge in [0.1, 0.15) is 5.21 Å². The predicted molar refractivity (Wildman–Crippen MR) is 57.1 cm³/mol.